The van der Waals surface area contributed by atoms with Gasteiger partial charge in [0.15, 0.2) is 18.0 Å². The molecular weight excluding hydrogens is 376 g/mol. The lowest BCUT2D eigenvalue weighted by Crippen LogP contribution is -2.40. The molecule has 29 heavy (non-hydrogen) atoms. The predicted octanol–water partition coefficient (Wildman–Crippen LogP) is 0.856. The number of urea groups is 1. The molecule has 1 fully saturated rings. The average molecular weight is 394 g/mol. The number of aromatic nitrogens is 4. The van der Waals surface area contributed by atoms with Crippen LogP contribution in [0.5, 0.6) is 5.75 Å². The van der Waals surface area contributed by atoms with Gasteiger partial charge in [0.25, 0.3) is 5.91 Å². The fraction of sp³-hybridized carbons (Fsp3) is 0.278. The standard InChI is InChI=1S/C18H18N8O3/c27-16-9-29-17-12(21-16)2-1-3-13(17)22-18(28)20-11-6-7-25(8-11)15-5-4-14-23-19-10-26(14)24-15/h1-5,10-11H,6-9H2,(H,21,27)(H2,20,22,28). The highest BCUT2D eigenvalue weighted by Gasteiger charge is 2.26. The zero-order valence-electron chi connectivity index (χ0n) is 15.3. The van der Waals surface area contributed by atoms with E-state index in [-0.39, 0.29) is 24.6 Å². The quantitative estimate of drug-likeness (QED) is 0.601. The first-order valence-electron chi connectivity index (χ1n) is 9.21. The summed E-state index contributed by atoms with van der Waals surface area (Å²) in [5.74, 6) is 1.05. The summed E-state index contributed by atoms with van der Waals surface area (Å²) in [7, 11) is 0. The molecule has 2 aromatic heterocycles. The molecule has 2 aliphatic rings. The molecule has 148 valence electrons. The summed E-state index contributed by atoms with van der Waals surface area (Å²) < 4.78 is 7.08. The van der Waals surface area contributed by atoms with Gasteiger partial charge < -0.3 is 25.6 Å². The number of nitrogens with one attached hydrogen (secondary N) is 3. The van der Waals surface area contributed by atoms with Gasteiger partial charge in [0.2, 0.25) is 0 Å². The Labute approximate surface area is 165 Å². The van der Waals surface area contributed by atoms with E-state index in [1.807, 2.05) is 12.1 Å². The molecule has 1 unspecified atom stereocenters. The molecule has 0 saturated carbocycles. The average Bonchev–Trinajstić information content (AvgIpc) is 3.36. The largest absolute Gasteiger partial charge is 0.479 e. The van der Waals surface area contributed by atoms with E-state index < -0.39 is 0 Å². The van der Waals surface area contributed by atoms with Gasteiger partial charge in [-0.3, -0.25) is 4.79 Å². The number of ether oxygens (including phenoxy) is 1. The lowest BCUT2D eigenvalue weighted by atomic mass is 10.2. The molecule has 5 rings (SSSR count). The Hall–Kier alpha value is -3.89. The number of nitrogens with zero attached hydrogens (tertiary/aromatic N) is 5. The zero-order chi connectivity index (χ0) is 19.8. The molecule has 4 heterocycles. The minimum Gasteiger partial charge on any atom is -0.479 e. The normalized spacial score (nSPS) is 18.1. The minimum absolute atomic E-state index is 0.0198. The number of amides is 3. The third-order valence-electron chi connectivity index (χ3n) is 4.88. The molecule has 0 spiro atoms. The molecule has 3 aromatic rings. The second-order valence-corrected chi connectivity index (χ2v) is 6.87. The zero-order valence-corrected chi connectivity index (χ0v) is 15.3. The van der Waals surface area contributed by atoms with Crippen LogP contribution in [0.15, 0.2) is 36.7 Å². The topological polar surface area (TPSA) is 126 Å². The van der Waals surface area contributed by atoms with Crippen LogP contribution in [0.25, 0.3) is 5.65 Å². The minimum atomic E-state index is -0.326. The third kappa shape index (κ3) is 3.37. The van der Waals surface area contributed by atoms with Crippen molar-refractivity contribution in [1.82, 2.24) is 25.1 Å². The van der Waals surface area contributed by atoms with Gasteiger partial charge in [-0.1, -0.05) is 6.07 Å². The van der Waals surface area contributed by atoms with Crippen molar-refractivity contribution in [3.05, 3.63) is 36.7 Å². The Bertz CT molecular complexity index is 1100. The van der Waals surface area contributed by atoms with Crippen molar-refractivity contribution in [3.63, 3.8) is 0 Å². The number of para-hydroxylation sites is 1. The SMILES string of the molecule is O=C1COc2c(cccc2NC(=O)NC2CCN(c3ccc4nncn4n3)C2)N1. The summed E-state index contributed by atoms with van der Waals surface area (Å²) in [5, 5.41) is 20.8. The molecule has 0 bridgehead atoms. The number of anilines is 3. The number of hydrogen-bond acceptors (Lipinski definition) is 7. The van der Waals surface area contributed by atoms with Gasteiger partial charge in [-0.15, -0.1) is 15.3 Å². The van der Waals surface area contributed by atoms with Crippen molar-refractivity contribution >= 4 is 34.8 Å². The molecular formula is C18H18N8O3. The van der Waals surface area contributed by atoms with Gasteiger partial charge >= 0.3 is 6.03 Å². The maximum Gasteiger partial charge on any atom is 0.319 e. The van der Waals surface area contributed by atoms with Crippen LogP contribution in [-0.2, 0) is 4.79 Å². The van der Waals surface area contributed by atoms with E-state index in [0.29, 0.717) is 29.3 Å². The fourth-order valence-electron chi connectivity index (χ4n) is 3.53. The van der Waals surface area contributed by atoms with Crippen molar-refractivity contribution in [3.8, 4) is 5.75 Å². The summed E-state index contributed by atoms with van der Waals surface area (Å²) >= 11 is 0. The first kappa shape index (κ1) is 17.2. The summed E-state index contributed by atoms with van der Waals surface area (Å²) in [6.07, 6.45) is 2.36. The predicted molar refractivity (Wildman–Crippen MR) is 104 cm³/mol. The molecule has 1 saturated heterocycles. The Morgan fingerprint density at radius 2 is 2.21 bits per heavy atom. The van der Waals surface area contributed by atoms with Crippen LogP contribution < -0.4 is 25.6 Å². The molecule has 0 aliphatic carbocycles. The second-order valence-electron chi connectivity index (χ2n) is 6.87. The highest BCUT2D eigenvalue weighted by atomic mass is 16.5. The van der Waals surface area contributed by atoms with Gasteiger partial charge in [-0.2, -0.15) is 4.52 Å². The van der Waals surface area contributed by atoms with Crippen LogP contribution in [0, 0.1) is 0 Å². The van der Waals surface area contributed by atoms with Gasteiger partial charge in [0.1, 0.15) is 12.1 Å². The smallest absolute Gasteiger partial charge is 0.319 e. The molecule has 1 atom stereocenters. The maximum absolute atomic E-state index is 12.5. The number of rotatable bonds is 3. The monoisotopic (exact) mass is 394 g/mol. The number of carbonyl (C=O) groups excluding carboxylic acids is 2. The molecule has 2 aliphatic heterocycles. The molecule has 0 radical (unpaired) electrons. The van der Waals surface area contributed by atoms with Crippen molar-refractivity contribution in [2.75, 3.05) is 35.2 Å². The Morgan fingerprint density at radius 1 is 1.28 bits per heavy atom. The van der Waals surface area contributed by atoms with Crippen LogP contribution in [-0.4, -0.2) is 57.5 Å². The number of fused-ring (bicyclic) bond motifs is 2. The van der Waals surface area contributed by atoms with Gasteiger partial charge in [0, 0.05) is 19.1 Å². The fourth-order valence-corrected chi connectivity index (χ4v) is 3.53. The van der Waals surface area contributed by atoms with Crippen molar-refractivity contribution in [1.29, 1.82) is 0 Å². The van der Waals surface area contributed by atoms with E-state index in [1.54, 1.807) is 29.0 Å². The number of benzene rings is 1. The van der Waals surface area contributed by atoms with Crippen LogP contribution in [0.4, 0.5) is 22.0 Å². The Balaban J connectivity index is 1.22. The van der Waals surface area contributed by atoms with Gasteiger partial charge in [-0.05, 0) is 30.7 Å². The summed E-state index contributed by atoms with van der Waals surface area (Å²) in [6.45, 7) is 1.35. The van der Waals surface area contributed by atoms with Crippen LogP contribution >= 0.6 is 0 Å². The lowest BCUT2D eigenvalue weighted by molar-refractivity contribution is -0.118. The first-order chi connectivity index (χ1) is 14.2. The molecule has 11 heteroatoms. The highest BCUT2D eigenvalue weighted by molar-refractivity contribution is 5.99. The van der Waals surface area contributed by atoms with E-state index in [0.717, 1.165) is 18.8 Å². The van der Waals surface area contributed by atoms with Crippen LogP contribution in [0.3, 0.4) is 0 Å². The number of hydrogen-bond donors (Lipinski definition) is 3. The van der Waals surface area contributed by atoms with E-state index in [9.17, 15) is 9.59 Å². The first-order valence-corrected chi connectivity index (χ1v) is 9.21. The second kappa shape index (κ2) is 6.93. The molecule has 3 amide bonds. The van der Waals surface area contributed by atoms with Crippen LogP contribution in [0.2, 0.25) is 0 Å². The Morgan fingerprint density at radius 3 is 3.14 bits per heavy atom. The number of carbonyl (C=O) groups is 2. The molecule has 3 N–H and O–H groups in total. The van der Waals surface area contributed by atoms with E-state index in [4.69, 9.17) is 4.74 Å². The third-order valence-corrected chi connectivity index (χ3v) is 4.88. The summed E-state index contributed by atoms with van der Waals surface area (Å²) in [4.78, 5) is 26.0. The van der Waals surface area contributed by atoms with Crippen LogP contribution in [0.1, 0.15) is 6.42 Å². The van der Waals surface area contributed by atoms with Crippen molar-refractivity contribution < 1.29 is 14.3 Å². The Kier molecular flexibility index (Phi) is 4.12. The van der Waals surface area contributed by atoms with Gasteiger partial charge in [0.05, 0.1) is 11.4 Å². The van der Waals surface area contributed by atoms with Crippen molar-refractivity contribution in [2.24, 2.45) is 0 Å². The summed E-state index contributed by atoms with van der Waals surface area (Å²) in [5.41, 5.74) is 1.74. The maximum atomic E-state index is 12.5. The van der Waals surface area contributed by atoms with E-state index in [2.05, 4.69) is 36.1 Å². The van der Waals surface area contributed by atoms with Gasteiger partial charge in [-0.25, -0.2) is 4.79 Å². The van der Waals surface area contributed by atoms with Crippen molar-refractivity contribution in [2.45, 2.75) is 12.5 Å². The highest BCUT2D eigenvalue weighted by Crippen LogP contribution is 2.35. The lowest BCUT2D eigenvalue weighted by Gasteiger charge is -2.21. The summed E-state index contributed by atoms with van der Waals surface area (Å²) in [6, 6.07) is 8.61. The molecule has 1 aromatic carbocycles. The molecule has 11 nitrogen and oxygen atoms in total. The van der Waals surface area contributed by atoms with E-state index >= 15 is 0 Å². The van der Waals surface area contributed by atoms with E-state index in [1.165, 1.54) is 0 Å².